The van der Waals surface area contributed by atoms with Crippen molar-refractivity contribution < 1.29 is 4.79 Å². The van der Waals surface area contributed by atoms with Crippen LogP contribution in [0.1, 0.15) is 23.1 Å². The summed E-state index contributed by atoms with van der Waals surface area (Å²) in [4.78, 5) is 13.0. The van der Waals surface area contributed by atoms with Crippen LogP contribution in [0, 0.1) is 12.8 Å². The quantitative estimate of drug-likeness (QED) is 0.644. The topological polar surface area (TPSA) is 29.1 Å². The highest BCUT2D eigenvalue weighted by atomic mass is 35.5. The van der Waals surface area contributed by atoms with E-state index in [4.69, 9.17) is 11.6 Å². The molecule has 0 spiro atoms. The molecule has 3 heteroatoms. The van der Waals surface area contributed by atoms with E-state index in [0.717, 1.165) is 17.7 Å². The molecule has 4 rings (SSSR count). The molecule has 0 aliphatic heterocycles. The molecule has 1 amide bonds. The molecule has 130 valence electrons. The minimum atomic E-state index is -0.251. The van der Waals surface area contributed by atoms with E-state index in [9.17, 15) is 4.79 Å². The van der Waals surface area contributed by atoms with Gasteiger partial charge in [0, 0.05) is 16.1 Å². The van der Waals surface area contributed by atoms with Gasteiger partial charge in [-0.05, 0) is 42.2 Å². The lowest BCUT2D eigenvalue weighted by atomic mass is 9.85. The van der Waals surface area contributed by atoms with E-state index < -0.39 is 0 Å². The molecule has 1 saturated carbocycles. The van der Waals surface area contributed by atoms with E-state index in [2.05, 4.69) is 29.6 Å². The van der Waals surface area contributed by atoms with Crippen molar-refractivity contribution in [2.75, 3.05) is 5.32 Å². The second-order valence-electron chi connectivity index (χ2n) is 6.86. The van der Waals surface area contributed by atoms with Crippen molar-refractivity contribution >= 4 is 23.2 Å². The normalized spacial score (nSPS) is 17.5. The molecule has 1 atom stereocenters. The Morgan fingerprint density at radius 3 is 2.08 bits per heavy atom. The molecular weight excluding hydrogens is 342 g/mol. The van der Waals surface area contributed by atoms with Crippen LogP contribution in [-0.4, -0.2) is 5.91 Å². The van der Waals surface area contributed by atoms with Crippen LogP contribution in [0.25, 0.3) is 0 Å². The number of carbonyl (C=O) groups is 1. The van der Waals surface area contributed by atoms with Gasteiger partial charge in [0.25, 0.3) is 0 Å². The molecule has 1 aliphatic carbocycles. The molecule has 0 bridgehead atoms. The van der Waals surface area contributed by atoms with E-state index in [1.165, 1.54) is 11.1 Å². The monoisotopic (exact) mass is 361 g/mol. The Kier molecular flexibility index (Phi) is 4.29. The molecule has 0 aromatic heterocycles. The molecule has 0 unspecified atom stereocenters. The fourth-order valence-electron chi connectivity index (χ4n) is 3.82. The first-order valence-corrected chi connectivity index (χ1v) is 9.18. The van der Waals surface area contributed by atoms with Crippen molar-refractivity contribution in [1.29, 1.82) is 0 Å². The van der Waals surface area contributed by atoms with E-state index in [-0.39, 0.29) is 17.2 Å². The third-order valence-electron chi connectivity index (χ3n) is 5.38. The van der Waals surface area contributed by atoms with Crippen LogP contribution in [0.4, 0.5) is 5.69 Å². The maximum absolute atomic E-state index is 13.0. The average molecular weight is 362 g/mol. The maximum atomic E-state index is 13.0. The van der Waals surface area contributed by atoms with Gasteiger partial charge in [0.1, 0.15) is 0 Å². The Labute approximate surface area is 158 Å². The molecule has 3 aromatic rings. The lowest BCUT2D eigenvalue weighted by molar-refractivity contribution is -0.117. The fourth-order valence-corrected chi connectivity index (χ4v) is 3.99. The zero-order chi connectivity index (χ0) is 18.1. The molecule has 3 aromatic carbocycles. The third kappa shape index (κ3) is 2.81. The van der Waals surface area contributed by atoms with Crippen molar-refractivity contribution in [2.24, 2.45) is 5.92 Å². The van der Waals surface area contributed by atoms with Crippen molar-refractivity contribution in [3.05, 3.63) is 101 Å². The standard InChI is InChI=1S/C23H20ClNO/c1-16-20(24)13-8-14-21(16)25-22(26)19-15-23(19,17-9-4-2-5-10-17)18-11-6-3-7-12-18/h2-14,19H,15H2,1H3,(H,25,26)/t19-/m0/s1. The summed E-state index contributed by atoms with van der Waals surface area (Å²) in [5.41, 5.74) is 3.81. The summed E-state index contributed by atoms with van der Waals surface area (Å²) in [6, 6.07) is 26.2. The van der Waals surface area contributed by atoms with Crippen molar-refractivity contribution in [3.8, 4) is 0 Å². The van der Waals surface area contributed by atoms with Crippen molar-refractivity contribution in [1.82, 2.24) is 0 Å². The van der Waals surface area contributed by atoms with Gasteiger partial charge in [0.15, 0.2) is 0 Å². The van der Waals surface area contributed by atoms with E-state index in [1.807, 2.05) is 61.5 Å². The Morgan fingerprint density at radius 2 is 1.50 bits per heavy atom. The van der Waals surface area contributed by atoms with Crippen LogP contribution in [0.5, 0.6) is 0 Å². The number of anilines is 1. The third-order valence-corrected chi connectivity index (χ3v) is 5.79. The number of carbonyl (C=O) groups excluding carboxylic acids is 1. The predicted octanol–water partition coefficient (Wildman–Crippen LogP) is 5.59. The van der Waals surface area contributed by atoms with Crippen LogP contribution in [0.15, 0.2) is 78.9 Å². The number of hydrogen-bond acceptors (Lipinski definition) is 1. The van der Waals surface area contributed by atoms with Crippen LogP contribution in [-0.2, 0) is 10.2 Å². The zero-order valence-corrected chi connectivity index (χ0v) is 15.3. The Balaban J connectivity index is 1.67. The summed E-state index contributed by atoms with van der Waals surface area (Å²) in [6.07, 6.45) is 0.812. The number of halogens is 1. The van der Waals surface area contributed by atoms with Gasteiger partial charge in [-0.1, -0.05) is 78.3 Å². The second-order valence-corrected chi connectivity index (χ2v) is 7.27. The van der Waals surface area contributed by atoms with Gasteiger partial charge < -0.3 is 5.32 Å². The number of benzene rings is 3. The first-order chi connectivity index (χ1) is 12.6. The van der Waals surface area contributed by atoms with Crippen molar-refractivity contribution in [3.63, 3.8) is 0 Å². The first-order valence-electron chi connectivity index (χ1n) is 8.80. The summed E-state index contributed by atoms with van der Waals surface area (Å²) in [6.45, 7) is 1.92. The minimum absolute atomic E-state index is 0.0445. The highest BCUT2D eigenvalue weighted by molar-refractivity contribution is 6.31. The number of nitrogens with one attached hydrogen (secondary N) is 1. The molecule has 0 saturated heterocycles. The molecular formula is C23H20ClNO. The van der Waals surface area contributed by atoms with Crippen LogP contribution in [0.3, 0.4) is 0 Å². The molecule has 2 nitrogen and oxygen atoms in total. The molecule has 26 heavy (non-hydrogen) atoms. The van der Waals surface area contributed by atoms with Gasteiger partial charge in [0.05, 0.1) is 5.92 Å². The summed E-state index contributed by atoms with van der Waals surface area (Å²) in [5.74, 6) is -0.0474. The van der Waals surface area contributed by atoms with Crippen LogP contribution >= 0.6 is 11.6 Å². The first kappa shape index (κ1) is 16.9. The van der Waals surface area contributed by atoms with E-state index in [1.54, 1.807) is 0 Å². The lowest BCUT2D eigenvalue weighted by Gasteiger charge is -2.19. The van der Waals surface area contributed by atoms with Gasteiger partial charge in [-0.3, -0.25) is 4.79 Å². The maximum Gasteiger partial charge on any atom is 0.228 e. The number of rotatable bonds is 4. The molecule has 1 N–H and O–H groups in total. The number of amides is 1. The predicted molar refractivity (Wildman–Crippen MR) is 107 cm³/mol. The molecule has 1 aliphatic rings. The summed E-state index contributed by atoms with van der Waals surface area (Å²) < 4.78 is 0. The summed E-state index contributed by atoms with van der Waals surface area (Å²) >= 11 is 6.19. The lowest BCUT2D eigenvalue weighted by Crippen LogP contribution is -2.22. The minimum Gasteiger partial charge on any atom is -0.326 e. The fraction of sp³-hybridized carbons (Fsp3) is 0.174. The van der Waals surface area contributed by atoms with E-state index >= 15 is 0 Å². The summed E-state index contributed by atoms with van der Waals surface area (Å²) in [5, 5.41) is 3.75. The summed E-state index contributed by atoms with van der Waals surface area (Å²) in [7, 11) is 0. The SMILES string of the molecule is Cc1c(Cl)cccc1NC(=O)[C@@H]1CC1(c1ccccc1)c1ccccc1. The van der Waals surface area contributed by atoms with Gasteiger partial charge in [-0.2, -0.15) is 0 Å². The highest BCUT2D eigenvalue weighted by Gasteiger charge is 2.60. The van der Waals surface area contributed by atoms with Gasteiger partial charge in [-0.15, -0.1) is 0 Å². The second kappa shape index (κ2) is 6.62. The average Bonchev–Trinajstić information content (AvgIpc) is 3.44. The Bertz CT molecular complexity index is 897. The largest absolute Gasteiger partial charge is 0.326 e. The number of hydrogen-bond donors (Lipinski definition) is 1. The van der Waals surface area contributed by atoms with Crippen LogP contribution < -0.4 is 5.32 Å². The molecule has 0 radical (unpaired) electrons. The molecule has 0 heterocycles. The molecule has 1 fully saturated rings. The smallest absolute Gasteiger partial charge is 0.228 e. The van der Waals surface area contributed by atoms with E-state index in [0.29, 0.717) is 5.02 Å². The Hall–Kier alpha value is -2.58. The Morgan fingerprint density at radius 1 is 0.923 bits per heavy atom. The van der Waals surface area contributed by atoms with Crippen molar-refractivity contribution in [2.45, 2.75) is 18.8 Å². The van der Waals surface area contributed by atoms with Crippen LogP contribution in [0.2, 0.25) is 5.02 Å². The zero-order valence-electron chi connectivity index (χ0n) is 14.6. The van der Waals surface area contributed by atoms with Gasteiger partial charge >= 0.3 is 0 Å². The highest BCUT2D eigenvalue weighted by Crippen LogP contribution is 2.59. The van der Waals surface area contributed by atoms with Gasteiger partial charge in [0.2, 0.25) is 5.91 Å². The van der Waals surface area contributed by atoms with Gasteiger partial charge in [-0.25, -0.2) is 0 Å².